The highest BCUT2D eigenvalue weighted by Gasteiger charge is 1.81. The molecule has 0 rings (SSSR count). The van der Waals surface area contributed by atoms with Gasteiger partial charge in [0.1, 0.15) is 0 Å². The molecule has 0 saturated carbocycles. The fraction of sp³-hybridized carbons (Fsp3) is 0.500. The molecule has 8 heavy (non-hydrogen) atoms. The van der Waals surface area contributed by atoms with Crippen LogP contribution in [0, 0.1) is 0 Å². The van der Waals surface area contributed by atoms with E-state index < -0.39 is 0 Å². The van der Waals surface area contributed by atoms with Gasteiger partial charge in [0.2, 0.25) is 0 Å². The molecular formula is C6H12N2. The second kappa shape index (κ2) is 4.53. The minimum Gasteiger partial charge on any atom is -0.326 e. The van der Waals surface area contributed by atoms with E-state index in [4.69, 9.17) is 5.73 Å². The summed E-state index contributed by atoms with van der Waals surface area (Å²) in [6.45, 7) is 2.53. The Bertz CT molecular complexity index is 100. The van der Waals surface area contributed by atoms with Crippen LogP contribution in [0.5, 0.6) is 0 Å². The maximum Gasteiger partial charge on any atom is 0.0277 e. The zero-order valence-corrected chi connectivity index (χ0v) is 5.39. The third kappa shape index (κ3) is 2.53. The van der Waals surface area contributed by atoms with Gasteiger partial charge in [-0.05, 0) is 12.5 Å². The molecule has 0 aromatic carbocycles. The number of nitrogens with zero attached hydrogens (tertiary/aromatic N) is 1. The third-order valence-corrected chi connectivity index (χ3v) is 0.901. The monoisotopic (exact) mass is 112 g/mol. The second-order valence-corrected chi connectivity index (χ2v) is 1.46. The van der Waals surface area contributed by atoms with Crippen LogP contribution in [0.1, 0.15) is 6.92 Å². The zero-order valence-electron chi connectivity index (χ0n) is 5.39. The maximum absolute atomic E-state index is 5.31. The molecule has 0 unspecified atom stereocenters. The van der Waals surface area contributed by atoms with E-state index in [1.807, 2.05) is 13.0 Å². The first-order valence-electron chi connectivity index (χ1n) is 2.62. The van der Waals surface area contributed by atoms with Crippen LogP contribution in [-0.4, -0.2) is 19.8 Å². The normalized spacial score (nSPS) is 13.1. The van der Waals surface area contributed by atoms with Crippen molar-refractivity contribution in [3.63, 3.8) is 0 Å². The molecule has 0 amide bonds. The van der Waals surface area contributed by atoms with Crippen LogP contribution < -0.4 is 5.73 Å². The predicted octanol–water partition coefficient (Wildman–Crippen LogP) is 0.592. The summed E-state index contributed by atoms with van der Waals surface area (Å²) in [5.74, 6) is 0. The van der Waals surface area contributed by atoms with Crippen LogP contribution in [0.2, 0.25) is 0 Å². The molecule has 0 heterocycles. The van der Waals surface area contributed by atoms with E-state index >= 15 is 0 Å². The first-order valence-corrected chi connectivity index (χ1v) is 2.62. The molecule has 2 heteroatoms. The summed E-state index contributed by atoms with van der Waals surface area (Å²) in [7, 11) is 1.74. The fourth-order valence-corrected chi connectivity index (χ4v) is 0.411. The molecule has 0 aromatic rings. The van der Waals surface area contributed by atoms with E-state index in [2.05, 4.69) is 4.99 Å². The number of rotatable bonds is 2. The number of nitrogens with two attached hydrogens (primary N) is 1. The van der Waals surface area contributed by atoms with Gasteiger partial charge < -0.3 is 5.73 Å². The molecule has 0 bridgehead atoms. The minimum atomic E-state index is 0.577. The molecule has 0 spiro atoms. The van der Waals surface area contributed by atoms with Crippen molar-refractivity contribution in [2.45, 2.75) is 6.92 Å². The van der Waals surface area contributed by atoms with Gasteiger partial charge in [0.05, 0.1) is 0 Å². The van der Waals surface area contributed by atoms with Gasteiger partial charge in [0, 0.05) is 19.8 Å². The average molecular weight is 112 g/mol. The number of allylic oxidation sites excluding steroid dienone is 1. The lowest BCUT2D eigenvalue weighted by Gasteiger charge is -1.89. The minimum absolute atomic E-state index is 0.577. The van der Waals surface area contributed by atoms with E-state index in [0.29, 0.717) is 6.54 Å². The van der Waals surface area contributed by atoms with E-state index in [1.54, 1.807) is 13.3 Å². The maximum atomic E-state index is 5.31. The van der Waals surface area contributed by atoms with Gasteiger partial charge >= 0.3 is 0 Å². The van der Waals surface area contributed by atoms with Crippen LogP contribution >= 0.6 is 0 Å². The highest BCUT2D eigenvalue weighted by Crippen LogP contribution is 1.82. The van der Waals surface area contributed by atoms with Crippen molar-refractivity contribution < 1.29 is 0 Å². The molecule has 0 fully saturated rings. The second-order valence-electron chi connectivity index (χ2n) is 1.46. The highest BCUT2D eigenvalue weighted by molar-refractivity contribution is 5.78. The SMILES string of the molecule is C/C=C(\C=N/C)CN. The Morgan fingerprint density at radius 1 is 1.75 bits per heavy atom. The van der Waals surface area contributed by atoms with E-state index in [9.17, 15) is 0 Å². The molecule has 0 aliphatic rings. The summed E-state index contributed by atoms with van der Waals surface area (Å²) >= 11 is 0. The van der Waals surface area contributed by atoms with Gasteiger partial charge in [-0.15, -0.1) is 0 Å². The van der Waals surface area contributed by atoms with Crippen molar-refractivity contribution in [3.8, 4) is 0 Å². The van der Waals surface area contributed by atoms with Gasteiger partial charge in [-0.1, -0.05) is 6.08 Å². The Morgan fingerprint density at radius 3 is 2.50 bits per heavy atom. The Hall–Kier alpha value is -0.630. The molecular weight excluding hydrogens is 100 g/mol. The number of hydrogen-bond donors (Lipinski definition) is 1. The Kier molecular flexibility index (Phi) is 4.17. The van der Waals surface area contributed by atoms with Crippen LogP contribution in [0.15, 0.2) is 16.6 Å². The summed E-state index contributed by atoms with van der Waals surface area (Å²) in [6, 6.07) is 0. The van der Waals surface area contributed by atoms with Crippen LogP contribution in [0.4, 0.5) is 0 Å². The summed E-state index contributed by atoms with van der Waals surface area (Å²) in [5.41, 5.74) is 6.39. The summed E-state index contributed by atoms with van der Waals surface area (Å²) in [5, 5.41) is 0. The topological polar surface area (TPSA) is 38.4 Å². The van der Waals surface area contributed by atoms with Crippen molar-refractivity contribution in [3.05, 3.63) is 11.6 Å². The molecule has 2 N–H and O–H groups in total. The highest BCUT2D eigenvalue weighted by atomic mass is 14.6. The molecule has 0 radical (unpaired) electrons. The van der Waals surface area contributed by atoms with E-state index in [0.717, 1.165) is 5.57 Å². The molecule has 0 saturated heterocycles. The van der Waals surface area contributed by atoms with Crippen molar-refractivity contribution in [1.82, 2.24) is 0 Å². The molecule has 0 aliphatic carbocycles. The van der Waals surface area contributed by atoms with Gasteiger partial charge in [0.25, 0.3) is 0 Å². The quantitative estimate of drug-likeness (QED) is 0.522. The number of aliphatic imine (C=N–C) groups is 1. The summed E-state index contributed by atoms with van der Waals surface area (Å²) in [4.78, 5) is 3.80. The van der Waals surface area contributed by atoms with Crippen molar-refractivity contribution >= 4 is 6.21 Å². The smallest absolute Gasteiger partial charge is 0.0277 e. The van der Waals surface area contributed by atoms with Gasteiger partial charge in [-0.3, -0.25) is 4.99 Å². The summed E-state index contributed by atoms with van der Waals surface area (Å²) in [6.07, 6.45) is 3.72. The zero-order chi connectivity index (χ0) is 6.41. The first-order chi connectivity index (χ1) is 3.85. The Morgan fingerprint density at radius 2 is 2.38 bits per heavy atom. The summed E-state index contributed by atoms with van der Waals surface area (Å²) < 4.78 is 0. The van der Waals surface area contributed by atoms with Crippen LogP contribution in [0.3, 0.4) is 0 Å². The lowest BCUT2D eigenvalue weighted by Crippen LogP contribution is -2.03. The fourth-order valence-electron chi connectivity index (χ4n) is 0.411. The predicted molar refractivity (Wildman–Crippen MR) is 37.2 cm³/mol. The van der Waals surface area contributed by atoms with Crippen molar-refractivity contribution in [2.75, 3.05) is 13.6 Å². The van der Waals surface area contributed by atoms with E-state index in [1.165, 1.54) is 0 Å². The van der Waals surface area contributed by atoms with Crippen LogP contribution in [-0.2, 0) is 0 Å². The molecule has 2 nitrogen and oxygen atoms in total. The molecule has 0 atom stereocenters. The van der Waals surface area contributed by atoms with Crippen molar-refractivity contribution in [1.29, 1.82) is 0 Å². The van der Waals surface area contributed by atoms with Gasteiger partial charge in [-0.2, -0.15) is 0 Å². The third-order valence-electron chi connectivity index (χ3n) is 0.901. The Balaban J connectivity index is 3.72. The Labute approximate surface area is 50.1 Å². The number of hydrogen-bond acceptors (Lipinski definition) is 2. The van der Waals surface area contributed by atoms with Gasteiger partial charge in [0.15, 0.2) is 0 Å². The van der Waals surface area contributed by atoms with Gasteiger partial charge in [-0.25, -0.2) is 0 Å². The lowest BCUT2D eigenvalue weighted by molar-refractivity contribution is 1.20. The lowest BCUT2D eigenvalue weighted by atomic mass is 10.3. The average Bonchev–Trinajstić information content (AvgIpc) is 1.83. The first kappa shape index (κ1) is 7.37. The van der Waals surface area contributed by atoms with E-state index in [-0.39, 0.29) is 0 Å². The molecule has 0 aliphatic heterocycles. The molecule has 0 aromatic heterocycles. The van der Waals surface area contributed by atoms with Crippen molar-refractivity contribution in [2.24, 2.45) is 10.7 Å². The largest absolute Gasteiger partial charge is 0.326 e. The van der Waals surface area contributed by atoms with Crippen LogP contribution in [0.25, 0.3) is 0 Å². The molecule has 46 valence electrons. The standard InChI is InChI=1S/C6H12N2/c1-3-6(4-7)5-8-2/h3,5H,4,7H2,1-2H3/b6-3-,8-5-.